The molecule has 1 N–H and O–H groups in total. The molecule has 0 aromatic heterocycles. The largest absolute Gasteiger partial charge is 0.480 e. The topological polar surface area (TPSA) is 57.6 Å². The van der Waals surface area contributed by atoms with Crippen molar-refractivity contribution in [1.82, 2.24) is 4.90 Å². The van der Waals surface area contributed by atoms with Gasteiger partial charge in [0.05, 0.1) is 14.7 Å². The van der Waals surface area contributed by atoms with Crippen LogP contribution in [0, 0.1) is 5.92 Å². The molecule has 120 valence electrons. The van der Waals surface area contributed by atoms with Gasteiger partial charge in [-0.3, -0.25) is 9.59 Å². The number of rotatable bonds is 4. The lowest BCUT2D eigenvalue weighted by Gasteiger charge is -2.62. The summed E-state index contributed by atoms with van der Waals surface area (Å²) in [6.07, 6.45) is 0.504. The molecule has 1 saturated heterocycles. The molecule has 0 radical (unpaired) electrons. The fourth-order valence-electron chi connectivity index (χ4n) is 3.75. The number of carboxylic acids is 1. The zero-order chi connectivity index (χ0) is 16.7. The third-order valence-corrected chi connectivity index (χ3v) is 7.26. The highest BCUT2D eigenvalue weighted by Crippen LogP contribution is 2.46. The van der Waals surface area contributed by atoms with Crippen molar-refractivity contribution in [3.63, 3.8) is 0 Å². The van der Waals surface area contributed by atoms with E-state index in [1.165, 1.54) is 0 Å². The highest BCUT2D eigenvalue weighted by Gasteiger charge is 2.68. The van der Waals surface area contributed by atoms with Crippen LogP contribution in [0.2, 0.25) is 13.1 Å². The van der Waals surface area contributed by atoms with Crippen LogP contribution in [0.1, 0.15) is 26.3 Å². The van der Waals surface area contributed by atoms with Crippen LogP contribution in [0.15, 0.2) is 30.3 Å². The number of amides is 1. The molecule has 1 aliphatic rings. The molecule has 2 atom stereocenters. The fraction of sp³-hybridized carbons (Fsp3) is 0.529. The maximum atomic E-state index is 12.7. The van der Waals surface area contributed by atoms with Crippen LogP contribution in [0.5, 0.6) is 0 Å². The highest BCUT2D eigenvalue weighted by molar-refractivity contribution is 6.66. The fourth-order valence-corrected chi connectivity index (χ4v) is 6.34. The van der Waals surface area contributed by atoms with E-state index < -0.39 is 31.4 Å². The molecule has 2 rings (SSSR count). The molecular weight excluding hydrogens is 294 g/mol. The number of aliphatic carboxylic acids is 1. The Bertz CT molecular complexity index is 579. The number of hydrogen-bond donors (Lipinski definition) is 1. The molecule has 1 aromatic rings. The molecule has 0 aliphatic carbocycles. The average Bonchev–Trinajstić information content (AvgIpc) is 2.40. The van der Waals surface area contributed by atoms with E-state index in [1.54, 1.807) is 4.90 Å². The first kappa shape index (κ1) is 16.7. The molecular formula is C17H25NO3Si. The second kappa shape index (κ2) is 5.54. The quantitative estimate of drug-likeness (QED) is 0.684. The number of carbonyl (C=O) groups is 2. The van der Waals surface area contributed by atoms with Gasteiger partial charge in [0.2, 0.25) is 5.91 Å². The van der Waals surface area contributed by atoms with Crippen molar-refractivity contribution in [3.05, 3.63) is 35.9 Å². The summed E-state index contributed by atoms with van der Waals surface area (Å²) in [4.78, 5) is 26.5. The van der Waals surface area contributed by atoms with Crippen LogP contribution in [0.4, 0.5) is 0 Å². The monoisotopic (exact) mass is 319 g/mol. The van der Waals surface area contributed by atoms with Gasteiger partial charge in [0, 0.05) is 5.54 Å². The van der Waals surface area contributed by atoms with Gasteiger partial charge >= 0.3 is 5.97 Å². The normalized spacial score (nSPS) is 25.3. The minimum Gasteiger partial charge on any atom is -0.480 e. The third kappa shape index (κ3) is 2.37. The standard InChI is InChI=1S/C17H25NO3Si/c1-16(2,3)18-14(19)13(11-12-9-7-6-8-10-12)17(18,15(20)21)22(4)5/h6-10,13,22H,11H2,1-5H3,(H,20,21)/t13-,17+/m1/s1. The lowest BCUT2D eigenvalue weighted by atomic mass is 9.77. The molecule has 22 heavy (non-hydrogen) atoms. The smallest absolute Gasteiger partial charge is 0.326 e. The number of carboxylic acid groups (broad SMARTS) is 1. The molecule has 1 aliphatic heterocycles. The van der Waals surface area contributed by atoms with Crippen LogP contribution in [0.3, 0.4) is 0 Å². The first-order valence-electron chi connectivity index (χ1n) is 7.75. The van der Waals surface area contributed by atoms with Gasteiger partial charge in [-0.05, 0) is 32.8 Å². The molecule has 1 amide bonds. The molecule has 4 nitrogen and oxygen atoms in total. The Kier molecular flexibility index (Phi) is 4.21. The SMILES string of the molecule is C[SiH](C)[C@]1(C(=O)O)[C@H](Cc2ccccc2)C(=O)N1C(C)(C)C. The maximum Gasteiger partial charge on any atom is 0.326 e. The first-order chi connectivity index (χ1) is 10.1. The predicted molar refractivity (Wildman–Crippen MR) is 89.5 cm³/mol. The molecule has 0 spiro atoms. The van der Waals surface area contributed by atoms with Crippen molar-refractivity contribution in [2.75, 3.05) is 0 Å². The summed E-state index contributed by atoms with van der Waals surface area (Å²) in [6.45, 7) is 9.79. The number of benzene rings is 1. The van der Waals surface area contributed by atoms with Crippen LogP contribution < -0.4 is 0 Å². The molecule has 1 aromatic carbocycles. The van der Waals surface area contributed by atoms with Gasteiger partial charge in [-0.15, -0.1) is 0 Å². The summed E-state index contributed by atoms with van der Waals surface area (Å²) in [5.74, 6) is -1.32. The van der Waals surface area contributed by atoms with Crippen LogP contribution in [-0.4, -0.2) is 41.4 Å². The second-order valence-electron chi connectivity index (χ2n) is 7.37. The Morgan fingerprint density at radius 3 is 2.23 bits per heavy atom. The van der Waals surface area contributed by atoms with E-state index in [1.807, 2.05) is 64.2 Å². The van der Waals surface area contributed by atoms with Gasteiger partial charge < -0.3 is 10.0 Å². The summed E-state index contributed by atoms with van der Waals surface area (Å²) in [7, 11) is -1.66. The molecule has 0 bridgehead atoms. The lowest BCUT2D eigenvalue weighted by Crippen LogP contribution is -2.83. The van der Waals surface area contributed by atoms with Crippen molar-refractivity contribution < 1.29 is 14.7 Å². The van der Waals surface area contributed by atoms with E-state index in [-0.39, 0.29) is 5.91 Å². The summed E-state index contributed by atoms with van der Waals surface area (Å²) in [5.41, 5.74) is 0.551. The molecule has 1 heterocycles. The van der Waals surface area contributed by atoms with E-state index in [2.05, 4.69) is 0 Å². The zero-order valence-corrected chi connectivity index (χ0v) is 15.1. The van der Waals surface area contributed by atoms with Crippen molar-refractivity contribution in [3.8, 4) is 0 Å². The Hall–Kier alpha value is -1.62. The van der Waals surface area contributed by atoms with Crippen molar-refractivity contribution >= 4 is 20.7 Å². The number of hydrogen-bond acceptors (Lipinski definition) is 2. The third-order valence-electron chi connectivity index (χ3n) is 4.60. The van der Waals surface area contributed by atoms with Crippen molar-refractivity contribution in [2.24, 2.45) is 5.92 Å². The Balaban J connectivity index is 2.45. The van der Waals surface area contributed by atoms with E-state index in [9.17, 15) is 14.7 Å². The van der Waals surface area contributed by atoms with Gasteiger partial charge in [-0.2, -0.15) is 0 Å². The minimum absolute atomic E-state index is 0.0278. The molecule has 0 unspecified atom stereocenters. The van der Waals surface area contributed by atoms with Crippen LogP contribution in [0.25, 0.3) is 0 Å². The van der Waals surface area contributed by atoms with E-state index in [0.29, 0.717) is 6.42 Å². The average molecular weight is 319 g/mol. The maximum absolute atomic E-state index is 12.7. The number of β-lactam (4-membered cyclic amide) rings is 1. The van der Waals surface area contributed by atoms with Gasteiger partial charge in [-0.25, -0.2) is 0 Å². The lowest BCUT2D eigenvalue weighted by molar-refractivity contribution is -0.186. The van der Waals surface area contributed by atoms with Crippen molar-refractivity contribution in [1.29, 1.82) is 0 Å². The Labute approximate surface area is 133 Å². The summed E-state index contributed by atoms with van der Waals surface area (Å²) in [5, 5.41) is 9.00. The van der Waals surface area contributed by atoms with Crippen LogP contribution >= 0.6 is 0 Å². The van der Waals surface area contributed by atoms with Crippen LogP contribution in [-0.2, 0) is 16.0 Å². The number of nitrogens with zero attached hydrogens (tertiary/aromatic N) is 1. The van der Waals surface area contributed by atoms with Gasteiger partial charge in [0.25, 0.3) is 0 Å². The highest BCUT2D eigenvalue weighted by atomic mass is 28.3. The van der Waals surface area contributed by atoms with E-state index >= 15 is 0 Å². The first-order valence-corrected chi connectivity index (χ1v) is 10.6. The second-order valence-corrected chi connectivity index (χ2v) is 10.6. The zero-order valence-electron chi connectivity index (χ0n) is 14.0. The van der Waals surface area contributed by atoms with E-state index in [4.69, 9.17) is 0 Å². The summed E-state index contributed by atoms with van der Waals surface area (Å²) in [6, 6.07) is 9.70. The summed E-state index contributed by atoms with van der Waals surface area (Å²) < 4.78 is 0. The number of likely N-dealkylation sites (tertiary alicyclic amines) is 1. The van der Waals surface area contributed by atoms with Gasteiger partial charge in [0.1, 0.15) is 5.16 Å². The Morgan fingerprint density at radius 1 is 1.27 bits per heavy atom. The molecule has 5 heteroatoms. The van der Waals surface area contributed by atoms with Gasteiger partial charge in [-0.1, -0.05) is 43.4 Å². The number of carbonyl (C=O) groups excluding carboxylic acids is 1. The predicted octanol–water partition coefficient (Wildman–Crippen LogP) is 2.34. The van der Waals surface area contributed by atoms with Gasteiger partial charge in [0.15, 0.2) is 0 Å². The summed E-state index contributed by atoms with van der Waals surface area (Å²) >= 11 is 0. The molecule has 0 saturated carbocycles. The Morgan fingerprint density at radius 2 is 1.82 bits per heavy atom. The molecule has 1 fully saturated rings. The van der Waals surface area contributed by atoms with Crippen molar-refractivity contribution in [2.45, 2.75) is 51.0 Å². The minimum atomic E-state index is -1.66. The van der Waals surface area contributed by atoms with E-state index in [0.717, 1.165) is 5.56 Å².